The Hall–Kier alpha value is -3.86. The molecule has 5 heteroatoms. The zero-order chi connectivity index (χ0) is 28.0. The van der Waals surface area contributed by atoms with Gasteiger partial charge in [-0.25, -0.2) is 0 Å². The summed E-state index contributed by atoms with van der Waals surface area (Å²) in [5.74, 6) is 1.56. The van der Waals surface area contributed by atoms with Crippen molar-refractivity contribution in [3.8, 4) is 11.5 Å². The maximum Gasteiger partial charge on any atom is 0.268 e. The van der Waals surface area contributed by atoms with Gasteiger partial charge in [-0.3, -0.25) is 9.59 Å². The summed E-state index contributed by atoms with van der Waals surface area (Å²) in [6.45, 7) is 5.89. The summed E-state index contributed by atoms with van der Waals surface area (Å²) >= 11 is 0. The van der Waals surface area contributed by atoms with E-state index in [9.17, 15) is 9.59 Å². The smallest absolute Gasteiger partial charge is 0.268 e. The number of fused-ring (bicyclic) bond motifs is 1. The molecule has 3 aromatic carbocycles. The molecule has 0 amide bonds. The van der Waals surface area contributed by atoms with Gasteiger partial charge < -0.3 is 14.4 Å². The number of rotatable bonds is 14. The van der Waals surface area contributed by atoms with E-state index in [1.165, 1.54) is 5.56 Å². The Morgan fingerprint density at radius 1 is 0.875 bits per heavy atom. The lowest BCUT2D eigenvalue weighted by molar-refractivity contribution is 0.302. The molecule has 1 atom stereocenters. The maximum atomic E-state index is 12.8. The van der Waals surface area contributed by atoms with Gasteiger partial charge in [0, 0.05) is 16.8 Å². The van der Waals surface area contributed by atoms with E-state index in [1.807, 2.05) is 36.4 Å². The van der Waals surface area contributed by atoms with Crippen LogP contribution in [0.4, 0.5) is 5.69 Å². The van der Waals surface area contributed by atoms with Gasteiger partial charge in [0.25, 0.3) is 5.43 Å². The highest BCUT2D eigenvalue weighted by molar-refractivity contribution is 5.78. The number of hydrogen-bond donors (Lipinski definition) is 0. The van der Waals surface area contributed by atoms with Crippen molar-refractivity contribution >= 4 is 11.8 Å². The van der Waals surface area contributed by atoms with Gasteiger partial charge in [0.15, 0.2) is 5.75 Å². The average molecular weight is 538 g/mol. The Balaban J connectivity index is 1.45. The molecule has 0 fully saturated rings. The normalized spacial score (nSPS) is 19.1. The van der Waals surface area contributed by atoms with E-state index in [0.717, 1.165) is 55.7 Å². The summed E-state index contributed by atoms with van der Waals surface area (Å²) in [4.78, 5) is 27.5. The van der Waals surface area contributed by atoms with E-state index < -0.39 is 10.9 Å². The van der Waals surface area contributed by atoms with E-state index in [0.29, 0.717) is 31.2 Å². The van der Waals surface area contributed by atoms with Crippen molar-refractivity contribution in [2.45, 2.75) is 57.8 Å². The fourth-order valence-electron chi connectivity index (χ4n) is 5.90. The predicted molar refractivity (Wildman–Crippen MR) is 163 cm³/mol. The Bertz CT molecular complexity index is 1450. The first kappa shape index (κ1) is 27.7. The van der Waals surface area contributed by atoms with Crippen LogP contribution in [0.2, 0.25) is 0 Å². The Morgan fingerprint density at radius 2 is 1.62 bits per heavy atom. The number of allylic oxidation sites excluding steroid dienone is 5. The van der Waals surface area contributed by atoms with Crippen molar-refractivity contribution in [1.29, 1.82) is 0 Å². The van der Waals surface area contributed by atoms with Gasteiger partial charge in [-0.1, -0.05) is 86.9 Å². The number of benzene rings is 2. The largest absolute Gasteiger partial charge is 0.492 e. The summed E-state index contributed by atoms with van der Waals surface area (Å²) in [7, 11) is 0. The molecule has 0 bridgehead atoms. The van der Waals surface area contributed by atoms with Gasteiger partial charge in [-0.2, -0.15) is 0 Å². The van der Waals surface area contributed by atoms with Gasteiger partial charge in [0.1, 0.15) is 12.4 Å². The molecule has 40 heavy (non-hydrogen) atoms. The highest BCUT2D eigenvalue weighted by Gasteiger charge is 2.43. The van der Waals surface area contributed by atoms with Crippen LogP contribution in [0.3, 0.4) is 0 Å². The molecule has 0 aromatic heterocycles. The molecule has 1 aliphatic carbocycles. The van der Waals surface area contributed by atoms with Gasteiger partial charge in [0.05, 0.1) is 18.7 Å². The molecule has 2 aliphatic rings. The molecule has 5 rings (SSSR count). The number of ether oxygens (including phenoxy) is 2. The van der Waals surface area contributed by atoms with Crippen LogP contribution < -0.4 is 25.2 Å². The molecule has 1 aliphatic heterocycles. The minimum atomic E-state index is -0.517. The second-order valence-electron chi connectivity index (χ2n) is 11.0. The predicted octanol–water partition coefficient (Wildman–Crippen LogP) is 6.96. The van der Waals surface area contributed by atoms with Gasteiger partial charge in [0.2, 0.25) is 5.43 Å². The second-order valence-corrected chi connectivity index (χ2v) is 11.0. The third-order valence-electron chi connectivity index (χ3n) is 8.19. The molecule has 0 N–H and O–H groups in total. The molecule has 5 nitrogen and oxygen atoms in total. The van der Waals surface area contributed by atoms with Crippen LogP contribution in [0.15, 0.2) is 94.2 Å². The summed E-state index contributed by atoms with van der Waals surface area (Å²) < 4.78 is 11.9. The van der Waals surface area contributed by atoms with Crippen LogP contribution in [-0.4, -0.2) is 19.8 Å². The topological polar surface area (TPSA) is 55.8 Å². The van der Waals surface area contributed by atoms with Crippen molar-refractivity contribution in [2.75, 3.05) is 24.7 Å². The van der Waals surface area contributed by atoms with E-state index >= 15 is 0 Å². The molecule has 0 saturated heterocycles. The molecule has 0 spiro atoms. The lowest BCUT2D eigenvalue weighted by Gasteiger charge is -2.31. The molecular formula is C35H39NO4. The van der Waals surface area contributed by atoms with E-state index in [1.54, 1.807) is 0 Å². The highest BCUT2D eigenvalue weighted by atomic mass is 16.5. The lowest BCUT2D eigenvalue weighted by Crippen LogP contribution is -2.37. The van der Waals surface area contributed by atoms with Gasteiger partial charge >= 0.3 is 0 Å². The van der Waals surface area contributed by atoms with Crippen molar-refractivity contribution in [3.05, 3.63) is 116 Å². The first-order valence-corrected chi connectivity index (χ1v) is 14.6. The quantitative estimate of drug-likeness (QED) is 0.164. The monoisotopic (exact) mass is 537 g/mol. The van der Waals surface area contributed by atoms with Crippen LogP contribution >= 0.6 is 0 Å². The number of nitrogens with zero attached hydrogens (tertiary/aromatic N) is 1. The summed E-state index contributed by atoms with van der Waals surface area (Å²) in [5.41, 5.74) is 2.50. The maximum absolute atomic E-state index is 12.8. The van der Waals surface area contributed by atoms with Gasteiger partial charge in [-0.05, 0) is 61.9 Å². The van der Waals surface area contributed by atoms with Crippen LogP contribution in [-0.2, 0) is 5.41 Å². The molecule has 0 saturated carbocycles. The average Bonchev–Trinajstić information content (AvgIpc) is 3.58. The van der Waals surface area contributed by atoms with Crippen LogP contribution in [0.5, 0.6) is 11.5 Å². The minimum Gasteiger partial charge on any atom is -0.492 e. The van der Waals surface area contributed by atoms with Crippen molar-refractivity contribution in [2.24, 2.45) is 5.92 Å². The standard InChI is InChI=1S/C35H39NO4/c1-3-4-23-40-34-28(32(37)33(34)38)25-31-35(2,21-13-12-16-26-14-8-9-15-26)29-19-10-11-20-30(29)36(31)22-24-39-27-17-6-5-7-18-27/h5-11,14-15,17-20,25-26H,3-4,12-13,16,21-24H2,1-2H3. The zero-order valence-electron chi connectivity index (χ0n) is 23.6. The second kappa shape index (κ2) is 12.5. The van der Waals surface area contributed by atoms with Crippen LogP contribution in [0.1, 0.15) is 63.5 Å². The molecular weight excluding hydrogens is 498 g/mol. The number of unbranched alkanes of at least 4 members (excludes halogenated alkanes) is 2. The number of hydrogen-bond acceptors (Lipinski definition) is 5. The molecule has 208 valence electrons. The third kappa shape index (κ3) is 5.70. The molecule has 1 heterocycles. The lowest BCUT2D eigenvalue weighted by atomic mass is 9.76. The highest BCUT2D eigenvalue weighted by Crippen LogP contribution is 2.51. The SMILES string of the molecule is CCCCOc1c(C=C2N(CCOc3ccccc3)c3ccccc3C2(C)CCCCC2C=CC=C2)c(=O)c1=O. The number of para-hydroxylation sites is 2. The minimum absolute atomic E-state index is 0.213. The van der Waals surface area contributed by atoms with Gasteiger partial charge in [-0.15, -0.1) is 0 Å². The third-order valence-corrected chi connectivity index (χ3v) is 8.19. The summed E-state index contributed by atoms with van der Waals surface area (Å²) in [6, 6.07) is 18.3. The molecule has 0 radical (unpaired) electrons. The fourth-order valence-corrected chi connectivity index (χ4v) is 5.90. The molecule has 1 unspecified atom stereocenters. The van der Waals surface area contributed by atoms with Crippen molar-refractivity contribution in [3.63, 3.8) is 0 Å². The Labute approximate surface area is 237 Å². The first-order valence-electron chi connectivity index (χ1n) is 14.6. The summed E-state index contributed by atoms with van der Waals surface area (Å²) in [5, 5.41) is 0. The first-order chi connectivity index (χ1) is 19.5. The van der Waals surface area contributed by atoms with E-state index in [4.69, 9.17) is 9.47 Å². The Morgan fingerprint density at radius 3 is 2.40 bits per heavy atom. The van der Waals surface area contributed by atoms with E-state index in [2.05, 4.69) is 67.3 Å². The van der Waals surface area contributed by atoms with Crippen molar-refractivity contribution < 1.29 is 9.47 Å². The summed E-state index contributed by atoms with van der Waals surface area (Å²) in [6.07, 6.45) is 16.7. The van der Waals surface area contributed by atoms with Crippen LogP contribution in [0.25, 0.3) is 6.08 Å². The fraction of sp³-hybridized carbons (Fsp3) is 0.371. The van der Waals surface area contributed by atoms with Crippen molar-refractivity contribution in [1.82, 2.24) is 0 Å². The van der Waals surface area contributed by atoms with E-state index in [-0.39, 0.29) is 11.2 Å². The Kier molecular flexibility index (Phi) is 8.69. The van der Waals surface area contributed by atoms with Crippen LogP contribution in [0, 0.1) is 5.92 Å². The zero-order valence-corrected chi connectivity index (χ0v) is 23.6. The molecule has 3 aromatic rings. The number of anilines is 1.